The van der Waals surface area contributed by atoms with Gasteiger partial charge in [0.25, 0.3) is 0 Å². The van der Waals surface area contributed by atoms with Crippen molar-refractivity contribution in [3.05, 3.63) is 245 Å². The van der Waals surface area contributed by atoms with Crippen LogP contribution < -0.4 is 0 Å². The maximum Gasteiger partial charge on any atom is 0.164 e. The highest BCUT2D eigenvalue weighted by Gasteiger charge is 2.42. The Balaban J connectivity index is 0.933. The largest absolute Gasteiger partial charge is 0.228 e. The van der Waals surface area contributed by atoms with E-state index < -0.39 is 0 Å². The minimum absolute atomic E-state index is 0.0546. The normalized spacial score (nSPS) is 15.7. The lowest BCUT2D eigenvalue weighted by molar-refractivity contribution is 0.660. The Hall–Kier alpha value is -8.15. The Kier molecular flexibility index (Phi) is 8.31. The van der Waals surface area contributed by atoms with E-state index in [4.69, 9.17) is 24.9 Å². The third kappa shape index (κ3) is 5.96. The molecule has 8 aromatic carbocycles. The zero-order valence-corrected chi connectivity index (χ0v) is 35.9. The molecule has 0 saturated heterocycles. The Morgan fingerprint density at radius 2 is 0.692 bits per heavy atom. The second-order valence-electron chi connectivity index (χ2n) is 18.0. The van der Waals surface area contributed by atoms with Gasteiger partial charge in [0.1, 0.15) is 0 Å². The lowest BCUT2D eigenvalue weighted by Crippen LogP contribution is -2.27. The summed E-state index contributed by atoms with van der Waals surface area (Å²) < 4.78 is 0. The average molecular weight is 832 g/mol. The maximum atomic E-state index is 5.31. The number of benzene rings is 8. The minimum Gasteiger partial charge on any atom is -0.228 e. The highest BCUT2D eigenvalue weighted by atomic mass is 15.0. The summed E-state index contributed by atoms with van der Waals surface area (Å²) in [6.07, 6.45) is 0. The molecule has 2 atom stereocenters. The van der Waals surface area contributed by atoms with Gasteiger partial charge in [0.15, 0.2) is 23.3 Å². The molecule has 5 heteroatoms. The zero-order valence-electron chi connectivity index (χ0n) is 35.9. The van der Waals surface area contributed by atoms with E-state index in [0.29, 0.717) is 23.3 Å². The van der Waals surface area contributed by atoms with Crippen LogP contribution in [0.3, 0.4) is 0 Å². The van der Waals surface area contributed by atoms with E-state index in [1.165, 1.54) is 55.6 Å². The van der Waals surface area contributed by atoms with Crippen molar-refractivity contribution in [2.24, 2.45) is 0 Å². The molecule has 2 heterocycles. The fourth-order valence-electron chi connectivity index (χ4n) is 10.8. The molecule has 0 aliphatic heterocycles. The summed E-state index contributed by atoms with van der Waals surface area (Å²) in [7, 11) is 0. The van der Waals surface area contributed by atoms with Crippen LogP contribution in [0.15, 0.2) is 200 Å². The molecule has 2 aromatic heterocycles. The molecule has 65 heavy (non-hydrogen) atoms. The molecule has 0 radical (unpaired) electrons. The Labute approximate surface area is 378 Å². The molecule has 0 amide bonds. The number of nitrogens with zero attached hydrogens (tertiary/aromatic N) is 5. The molecule has 0 fully saturated rings. The molecule has 0 spiro atoms. The van der Waals surface area contributed by atoms with Gasteiger partial charge in [0.2, 0.25) is 0 Å². The standard InChI is InChI=1S/C60H41N5/c1-60(2)50-25-15-14-22-42(50)43-29-26-40(34-51(43)60)53-35-52(61-56(62-53)36-16-6-3-7-17-36)39-27-30-46-48(32-39)54-44-23-12-13-24-45(44)55(46)49-33-41(28-31-47(49)54)59-64-57(37-18-8-4-9-19-37)63-58(65-59)38-20-10-5-11-21-38/h3-35,54-55H,1-2H3. The summed E-state index contributed by atoms with van der Waals surface area (Å²) in [5, 5.41) is 0. The van der Waals surface area contributed by atoms with Crippen molar-refractivity contribution in [2.75, 3.05) is 0 Å². The molecule has 10 aromatic rings. The van der Waals surface area contributed by atoms with Crippen molar-refractivity contribution in [3.8, 4) is 79.2 Å². The molecule has 2 bridgehead atoms. The minimum atomic E-state index is -0.118. The summed E-state index contributed by atoms with van der Waals surface area (Å²) in [5.74, 6) is 2.81. The van der Waals surface area contributed by atoms with E-state index in [1.807, 2.05) is 42.5 Å². The third-order valence-corrected chi connectivity index (χ3v) is 13.9. The van der Waals surface area contributed by atoms with Crippen molar-refractivity contribution >= 4 is 0 Å². The molecule has 0 saturated carbocycles. The molecule has 4 aliphatic carbocycles. The summed E-state index contributed by atoms with van der Waals surface area (Å²) in [4.78, 5) is 25.7. The Bertz CT molecular complexity index is 3470. The third-order valence-electron chi connectivity index (χ3n) is 13.9. The molecular weight excluding hydrogens is 791 g/mol. The van der Waals surface area contributed by atoms with Crippen LogP contribution >= 0.6 is 0 Å². The van der Waals surface area contributed by atoms with Crippen molar-refractivity contribution in [2.45, 2.75) is 31.1 Å². The molecular formula is C60H41N5. The van der Waals surface area contributed by atoms with Gasteiger partial charge in [-0.2, -0.15) is 0 Å². The van der Waals surface area contributed by atoms with Crippen LogP contribution in [0.1, 0.15) is 70.2 Å². The van der Waals surface area contributed by atoms with E-state index in [0.717, 1.165) is 44.8 Å². The predicted octanol–water partition coefficient (Wildman–Crippen LogP) is 14.0. The number of aromatic nitrogens is 5. The number of hydrogen-bond donors (Lipinski definition) is 0. The van der Waals surface area contributed by atoms with E-state index in [-0.39, 0.29) is 17.3 Å². The van der Waals surface area contributed by atoms with E-state index in [9.17, 15) is 0 Å². The molecule has 0 N–H and O–H groups in total. The second-order valence-corrected chi connectivity index (χ2v) is 18.0. The van der Waals surface area contributed by atoms with Crippen molar-refractivity contribution in [3.63, 3.8) is 0 Å². The predicted molar refractivity (Wildman–Crippen MR) is 260 cm³/mol. The topological polar surface area (TPSA) is 64.5 Å². The summed E-state index contributed by atoms with van der Waals surface area (Å²) in [5.41, 5.74) is 21.0. The van der Waals surface area contributed by atoms with Gasteiger partial charge >= 0.3 is 0 Å². The first-order valence-electron chi connectivity index (χ1n) is 22.4. The fourth-order valence-corrected chi connectivity index (χ4v) is 10.8. The first-order valence-corrected chi connectivity index (χ1v) is 22.4. The second kappa shape index (κ2) is 14.4. The average Bonchev–Trinajstić information content (AvgIpc) is 3.61. The van der Waals surface area contributed by atoms with Gasteiger partial charge in [-0.25, -0.2) is 24.9 Å². The maximum absolute atomic E-state index is 5.31. The van der Waals surface area contributed by atoms with Crippen LogP contribution in [-0.4, -0.2) is 24.9 Å². The summed E-state index contributed by atoms with van der Waals surface area (Å²) in [6, 6.07) is 71.4. The van der Waals surface area contributed by atoms with Crippen molar-refractivity contribution in [1.82, 2.24) is 24.9 Å². The zero-order chi connectivity index (χ0) is 43.2. The smallest absolute Gasteiger partial charge is 0.164 e. The van der Waals surface area contributed by atoms with Crippen LogP contribution in [0.5, 0.6) is 0 Å². The van der Waals surface area contributed by atoms with Crippen LogP contribution in [0, 0.1) is 0 Å². The van der Waals surface area contributed by atoms with Gasteiger partial charge in [-0.05, 0) is 79.9 Å². The lowest BCUT2D eigenvalue weighted by Gasteiger charge is -2.42. The van der Waals surface area contributed by atoms with Crippen LogP contribution in [0.4, 0.5) is 0 Å². The Morgan fingerprint density at radius 3 is 1.26 bits per heavy atom. The first-order chi connectivity index (χ1) is 32.0. The number of hydrogen-bond acceptors (Lipinski definition) is 5. The first kappa shape index (κ1) is 37.4. The summed E-state index contributed by atoms with van der Waals surface area (Å²) in [6.45, 7) is 4.66. The van der Waals surface area contributed by atoms with E-state index >= 15 is 0 Å². The van der Waals surface area contributed by atoms with Gasteiger partial charge in [0, 0.05) is 50.6 Å². The van der Waals surface area contributed by atoms with E-state index in [2.05, 4.69) is 172 Å². The van der Waals surface area contributed by atoms with Gasteiger partial charge in [-0.3, -0.25) is 0 Å². The molecule has 4 aliphatic rings. The van der Waals surface area contributed by atoms with Gasteiger partial charge in [-0.15, -0.1) is 0 Å². The van der Waals surface area contributed by atoms with Crippen LogP contribution in [0.25, 0.3) is 79.2 Å². The fraction of sp³-hybridized carbons (Fsp3) is 0.0833. The van der Waals surface area contributed by atoms with Gasteiger partial charge in [-0.1, -0.05) is 190 Å². The molecule has 5 nitrogen and oxygen atoms in total. The van der Waals surface area contributed by atoms with Crippen LogP contribution in [-0.2, 0) is 5.41 Å². The number of fused-ring (bicyclic) bond motifs is 3. The number of rotatable bonds is 6. The lowest BCUT2D eigenvalue weighted by atomic mass is 9.60. The van der Waals surface area contributed by atoms with E-state index in [1.54, 1.807) is 0 Å². The Morgan fingerprint density at radius 1 is 0.292 bits per heavy atom. The molecule has 14 rings (SSSR count). The monoisotopic (exact) mass is 831 g/mol. The van der Waals surface area contributed by atoms with Gasteiger partial charge < -0.3 is 0 Å². The van der Waals surface area contributed by atoms with Crippen LogP contribution in [0.2, 0.25) is 0 Å². The van der Waals surface area contributed by atoms with Gasteiger partial charge in [0.05, 0.1) is 11.4 Å². The highest BCUT2D eigenvalue weighted by molar-refractivity contribution is 5.84. The molecule has 2 unspecified atom stereocenters. The summed E-state index contributed by atoms with van der Waals surface area (Å²) >= 11 is 0. The molecule has 306 valence electrons. The van der Waals surface area contributed by atoms with Crippen molar-refractivity contribution < 1.29 is 0 Å². The highest BCUT2D eigenvalue weighted by Crippen LogP contribution is 2.57. The van der Waals surface area contributed by atoms with Crippen molar-refractivity contribution in [1.29, 1.82) is 0 Å². The SMILES string of the molecule is CC1(C)c2ccccc2-c2ccc(-c3cc(-c4ccc5c(c4)C4c6ccccc6C5c5cc(-c6nc(-c7ccccc7)nc(-c7ccccc7)n6)ccc54)nc(-c4ccccc4)n3)cc21. The quantitative estimate of drug-likeness (QED) is 0.167.